The highest BCUT2D eigenvalue weighted by molar-refractivity contribution is 7.99. The van der Waals surface area contributed by atoms with Crippen LogP contribution in [0.25, 0.3) is 5.69 Å². The number of rotatable bonds is 3. The molecule has 0 bridgehead atoms. The third-order valence-electron chi connectivity index (χ3n) is 2.94. The molecule has 1 aliphatic rings. The number of hydrogen-bond acceptors (Lipinski definition) is 3. The Hall–Kier alpha value is -1.42. The fraction of sp³-hybridized carbons (Fsp3) is 0.308. The maximum Gasteiger partial charge on any atom is 0.0647 e. The maximum atomic E-state index is 4.21. The lowest BCUT2D eigenvalue weighted by molar-refractivity contribution is 0.812. The molecule has 4 heteroatoms. The van der Waals surface area contributed by atoms with Crippen molar-refractivity contribution in [3.05, 3.63) is 42.7 Å². The van der Waals surface area contributed by atoms with Crippen LogP contribution in [0.2, 0.25) is 0 Å². The van der Waals surface area contributed by atoms with Crippen LogP contribution in [0.1, 0.15) is 6.42 Å². The highest BCUT2D eigenvalue weighted by atomic mass is 32.2. The number of nitrogens with zero attached hydrogens (tertiary/aromatic N) is 2. The van der Waals surface area contributed by atoms with E-state index in [0.29, 0.717) is 6.04 Å². The lowest BCUT2D eigenvalue weighted by Crippen LogP contribution is -2.17. The molecular formula is C13H15N3S. The molecule has 0 amide bonds. The number of benzene rings is 1. The van der Waals surface area contributed by atoms with Crippen LogP contribution in [0.4, 0.5) is 5.69 Å². The van der Waals surface area contributed by atoms with E-state index in [4.69, 9.17) is 0 Å². The molecule has 0 radical (unpaired) electrons. The average molecular weight is 245 g/mol. The summed E-state index contributed by atoms with van der Waals surface area (Å²) >= 11 is 2.03. The van der Waals surface area contributed by atoms with Crippen LogP contribution in [0.15, 0.2) is 42.7 Å². The number of anilines is 1. The molecule has 0 spiro atoms. The van der Waals surface area contributed by atoms with Gasteiger partial charge in [-0.1, -0.05) is 0 Å². The van der Waals surface area contributed by atoms with Gasteiger partial charge in [0, 0.05) is 29.9 Å². The van der Waals surface area contributed by atoms with Crippen molar-refractivity contribution in [1.82, 2.24) is 9.78 Å². The Morgan fingerprint density at radius 1 is 1.29 bits per heavy atom. The molecule has 1 atom stereocenters. The van der Waals surface area contributed by atoms with Crippen LogP contribution in [-0.4, -0.2) is 27.3 Å². The van der Waals surface area contributed by atoms with Gasteiger partial charge in [0.25, 0.3) is 0 Å². The summed E-state index contributed by atoms with van der Waals surface area (Å²) < 4.78 is 1.87. The molecule has 2 heterocycles. The molecule has 88 valence electrons. The van der Waals surface area contributed by atoms with Gasteiger partial charge in [-0.25, -0.2) is 4.68 Å². The summed E-state index contributed by atoms with van der Waals surface area (Å²) in [6.07, 6.45) is 5.02. The van der Waals surface area contributed by atoms with Crippen LogP contribution in [0, 0.1) is 0 Å². The van der Waals surface area contributed by atoms with Gasteiger partial charge >= 0.3 is 0 Å². The summed E-state index contributed by atoms with van der Waals surface area (Å²) in [5, 5.41) is 7.78. The summed E-state index contributed by atoms with van der Waals surface area (Å²) in [5.74, 6) is 2.50. The van der Waals surface area contributed by atoms with Crippen LogP contribution in [0.5, 0.6) is 0 Å². The summed E-state index contributed by atoms with van der Waals surface area (Å²) in [7, 11) is 0. The summed E-state index contributed by atoms with van der Waals surface area (Å²) in [6, 6.07) is 11.0. The van der Waals surface area contributed by atoms with E-state index in [2.05, 4.69) is 34.7 Å². The summed E-state index contributed by atoms with van der Waals surface area (Å²) in [5.41, 5.74) is 2.30. The molecule has 1 unspecified atom stereocenters. The molecule has 0 saturated carbocycles. The summed E-state index contributed by atoms with van der Waals surface area (Å²) in [6.45, 7) is 0. The Morgan fingerprint density at radius 2 is 2.18 bits per heavy atom. The molecular weight excluding hydrogens is 230 g/mol. The molecule has 1 saturated heterocycles. The zero-order chi connectivity index (χ0) is 11.5. The first-order valence-electron chi connectivity index (χ1n) is 5.86. The number of thioether (sulfide) groups is 1. The topological polar surface area (TPSA) is 29.9 Å². The van der Waals surface area contributed by atoms with Crippen molar-refractivity contribution in [2.45, 2.75) is 12.5 Å². The Kier molecular flexibility index (Phi) is 3.05. The van der Waals surface area contributed by atoms with Gasteiger partial charge in [0.1, 0.15) is 0 Å². The van der Waals surface area contributed by atoms with Gasteiger partial charge in [-0.15, -0.1) is 0 Å². The third kappa shape index (κ3) is 2.47. The van der Waals surface area contributed by atoms with Gasteiger partial charge < -0.3 is 5.32 Å². The van der Waals surface area contributed by atoms with Gasteiger partial charge in [-0.2, -0.15) is 16.9 Å². The van der Waals surface area contributed by atoms with Crippen LogP contribution in [0.3, 0.4) is 0 Å². The van der Waals surface area contributed by atoms with Crippen LogP contribution < -0.4 is 5.32 Å². The molecule has 1 N–H and O–H groups in total. The normalized spacial score (nSPS) is 19.4. The number of aromatic nitrogens is 2. The van der Waals surface area contributed by atoms with E-state index in [-0.39, 0.29) is 0 Å². The van der Waals surface area contributed by atoms with Gasteiger partial charge in [0.05, 0.1) is 5.69 Å². The zero-order valence-corrected chi connectivity index (χ0v) is 10.4. The van der Waals surface area contributed by atoms with Crippen molar-refractivity contribution in [2.75, 3.05) is 16.8 Å². The van der Waals surface area contributed by atoms with Gasteiger partial charge in [0.15, 0.2) is 0 Å². The van der Waals surface area contributed by atoms with E-state index in [1.54, 1.807) is 6.20 Å². The Labute approximate surface area is 105 Å². The van der Waals surface area contributed by atoms with Crippen LogP contribution in [-0.2, 0) is 0 Å². The fourth-order valence-electron chi connectivity index (χ4n) is 2.02. The minimum atomic E-state index is 0.635. The molecule has 0 aliphatic carbocycles. The van der Waals surface area contributed by atoms with Crippen molar-refractivity contribution < 1.29 is 0 Å². The van der Waals surface area contributed by atoms with E-state index in [9.17, 15) is 0 Å². The van der Waals surface area contributed by atoms with Crippen LogP contribution >= 0.6 is 11.8 Å². The second-order valence-corrected chi connectivity index (χ2v) is 5.35. The Bertz CT molecular complexity index is 458. The quantitative estimate of drug-likeness (QED) is 0.901. The predicted molar refractivity (Wildman–Crippen MR) is 72.9 cm³/mol. The molecule has 3 nitrogen and oxygen atoms in total. The largest absolute Gasteiger partial charge is 0.381 e. The summed E-state index contributed by atoms with van der Waals surface area (Å²) in [4.78, 5) is 0. The van der Waals surface area contributed by atoms with Crippen molar-refractivity contribution in [3.8, 4) is 5.69 Å². The van der Waals surface area contributed by atoms with Crippen molar-refractivity contribution in [1.29, 1.82) is 0 Å². The Balaban J connectivity index is 1.71. The SMILES string of the molecule is c1cnn(-c2ccc(NC3CCSC3)cc2)c1. The predicted octanol–water partition coefficient (Wildman–Crippen LogP) is 2.79. The molecule has 1 fully saturated rings. The molecule has 17 heavy (non-hydrogen) atoms. The van der Waals surface area contributed by atoms with Crippen molar-refractivity contribution in [2.24, 2.45) is 0 Å². The first kappa shape index (κ1) is 10.7. The first-order valence-corrected chi connectivity index (χ1v) is 7.02. The zero-order valence-electron chi connectivity index (χ0n) is 9.54. The fourth-order valence-corrected chi connectivity index (χ4v) is 3.17. The standard InChI is InChI=1S/C13H15N3S/c1-7-14-16(8-1)13-4-2-11(3-5-13)15-12-6-9-17-10-12/h1-5,7-8,12,15H,6,9-10H2. The van der Waals surface area contributed by atoms with E-state index in [1.807, 2.05) is 28.7 Å². The average Bonchev–Trinajstić information content (AvgIpc) is 3.01. The molecule has 1 aromatic heterocycles. The second-order valence-electron chi connectivity index (χ2n) is 4.20. The van der Waals surface area contributed by atoms with Crippen molar-refractivity contribution >= 4 is 17.4 Å². The van der Waals surface area contributed by atoms with Crippen molar-refractivity contribution in [3.63, 3.8) is 0 Å². The van der Waals surface area contributed by atoms with Gasteiger partial charge in [-0.3, -0.25) is 0 Å². The maximum absolute atomic E-state index is 4.21. The first-order chi connectivity index (χ1) is 8.42. The lowest BCUT2D eigenvalue weighted by Gasteiger charge is -2.13. The minimum Gasteiger partial charge on any atom is -0.381 e. The second kappa shape index (κ2) is 4.84. The third-order valence-corrected chi connectivity index (χ3v) is 4.10. The lowest BCUT2D eigenvalue weighted by atomic mass is 10.2. The van der Waals surface area contributed by atoms with E-state index in [1.165, 1.54) is 23.6 Å². The van der Waals surface area contributed by atoms with E-state index >= 15 is 0 Å². The Morgan fingerprint density at radius 3 is 2.82 bits per heavy atom. The number of hydrogen-bond donors (Lipinski definition) is 1. The smallest absolute Gasteiger partial charge is 0.0647 e. The van der Waals surface area contributed by atoms with Gasteiger partial charge in [0.2, 0.25) is 0 Å². The van der Waals surface area contributed by atoms with Gasteiger partial charge in [-0.05, 0) is 42.5 Å². The highest BCUT2D eigenvalue weighted by Gasteiger charge is 2.14. The van der Waals surface area contributed by atoms with E-state index in [0.717, 1.165) is 5.69 Å². The number of nitrogens with one attached hydrogen (secondary N) is 1. The molecule has 3 rings (SSSR count). The molecule has 2 aromatic rings. The molecule has 1 aromatic carbocycles. The highest BCUT2D eigenvalue weighted by Crippen LogP contribution is 2.21. The molecule has 1 aliphatic heterocycles. The monoisotopic (exact) mass is 245 g/mol. The van der Waals surface area contributed by atoms with E-state index < -0.39 is 0 Å². The minimum absolute atomic E-state index is 0.635.